The van der Waals surface area contributed by atoms with Gasteiger partial charge in [-0.2, -0.15) is 0 Å². The van der Waals surface area contributed by atoms with Crippen LogP contribution in [0.1, 0.15) is 15.9 Å². The van der Waals surface area contributed by atoms with E-state index >= 15 is 0 Å². The second-order valence-electron chi connectivity index (χ2n) is 5.87. The Labute approximate surface area is 172 Å². The molecule has 0 bridgehead atoms. The van der Waals surface area contributed by atoms with Crippen LogP contribution in [0, 0.1) is 0 Å². The van der Waals surface area contributed by atoms with Crippen LogP contribution in [0.4, 0.5) is 0 Å². The summed E-state index contributed by atoms with van der Waals surface area (Å²) in [6.45, 7) is 0. The molecule has 0 saturated carbocycles. The number of sulfone groups is 1. The minimum absolute atomic E-state index is 0.0466. The number of rotatable bonds is 6. The highest BCUT2D eigenvalue weighted by Crippen LogP contribution is 2.30. The zero-order chi connectivity index (χ0) is 20.3. The molecule has 5 nitrogen and oxygen atoms in total. The molecular weight excluding hydrogens is 423 g/mol. The van der Waals surface area contributed by atoms with E-state index in [-0.39, 0.29) is 21.0 Å². The van der Waals surface area contributed by atoms with E-state index in [1.807, 2.05) is 0 Å². The van der Waals surface area contributed by atoms with Crippen LogP contribution in [0.5, 0.6) is 11.5 Å². The van der Waals surface area contributed by atoms with E-state index in [0.717, 1.165) is 0 Å². The molecule has 0 spiro atoms. The fourth-order valence-electron chi connectivity index (χ4n) is 2.53. The number of halogens is 2. The summed E-state index contributed by atoms with van der Waals surface area (Å²) in [5, 5.41) is 9.93. The predicted octanol–water partition coefficient (Wildman–Crippen LogP) is 5.46. The van der Waals surface area contributed by atoms with Crippen molar-refractivity contribution in [2.75, 3.05) is 0 Å². The molecule has 0 aliphatic carbocycles. The van der Waals surface area contributed by atoms with Gasteiger partial charge in [0.15, 0.2) is 9.84 Å². The van der Waals surface area contributed by atoms with Crippen LogP contribution in [0.25, 0.3) is 0 Å². The number of para-hydroxylation sites is 1. The minimum Gasteiger partial charge on any atom is -0.478 e. The first kappa shape index (κ1) is 20.2. The third-order valence-corrected chi connectivity index (χ3v) is 6.12. The quantitative estimate of drug-likeness (QED) is 0.554. The van der Waals surface area contributed by atoms with Gasteiger partial charge in [-0.1, -0.05) is 41.4 Å². The summed E-state index contributed by atoms with van der Waals surface area (Å²) >= 11 is 11.8. The average molecular weight is 437 g/mol. The molecule has 0 heterocycles. The van der Waals surface area contributed by atoms with Gasteiger partial charge in [-0.15, -0.1) is 0 Å². The average Bonchev–Trinajstić information content (AvgIpc) is 2.65. The lowest BCUT2D eigenvalue weighted by Gasteiger charge is -2.10. The molecule has 0 saturated heterocycles. The minimum atomic E-state index is -3.77. The maximum Gasteiger partial charge on any atom is 0.336 e. The van der Waals surface area contributed by atoms with Crippen LogP contribution in [-0.2, 0) is 15.6 Å². The maximum absolute atomic E-state index is 12.7. The van der Waals surface area contributed by atoms with Crippen molar-refractivity contribution in [1.82, 2.24) is 0 Å². The standard InChI is InChI=1S/C20H14Cl2O5S/c21-14-6-5-13(17(11-14)20(23)24)12-28(25,26)16-9-7-15(8-10-16)27-19-4-2-1-3-18(19)22/h1-11H,12H2,(H,23,24). The van der Waals surface area contributed by atoms with Gasteiger partial charge < -0.3 is 9.84 Å². The molecule has 0 amide bonds. The molecule has 3 rings (SSSR count). The Balaban J connectivity index is 1.83. The van der Waals surface area contributed by atoms with Crippen molar-refractivity contribution < 1.29 is 23.1 Å². The van der Waals surface area contributed by atoms with Crippen LogP contribution in [0.15, 0.2) is 71.6 Å². The largest absolute Gasteiger partial charge is 0.478 e. The van der Waals surface area contributed by atoms with E-state index in [9.17, 15) is 18.3 Å². The highest BCUT2D eigenvalue weighted by atomic mass is 35.5. The van der Waals surface area contributed by atoms with E-state index in [1.54, 1.807) is 24.3 Å². The van der Waals surface area contributed by atoms with Crippen LogP contribution in [0.3, 0.4) is 0 Å². The SMILES string of the molecule is O=C(O)c1cc(Cl)ccc1CS(=O)(=O)c1ccc(Oc2ccccc2Cl)cc1. The fraction of sp³-hybridized carbons (Fsp3) is 0.0500. The van der Waals surface area contributed by atoms with Gasteiger partial charge in [-0.3, -0.25) is 0 Å². The second kappa shape index (κ2) is 8.22. The Morgan fingerprint density at radius 3 is 2.29 bits per heavy atom. The molecule has 28 heavy (non-hydrogen) atoms. The molecule has 3 aromatic rings. The molecule has 0 radical (unpaired) electrons. The number of hydrogen-bond acceptors (Lipinski definition) is 4. The third-order valence-electron chi connectivity index (χ3n) is 3.90. The maximum atomic E-state index is 12.7. The lowest BCUT2D eigenvalue weighted by molar-refractivity contribution is 0.0696. The van der Waals surface area contributed by atoms with Crippen molar-refractivity contribution in [1.29, 1.82) is 0 Å². The summed E-state index contributed by atoms with van der Waals surface area (Å²) in [6.07, 6.45) is 0. The number of carboxylic acids is 1. The molecule has 0 unspecified atom stereocenters. The van der Waals surface area contributed by atoms with Crippen molar-refractivity contribution in [3.05, 3.63) is 87.9 Å². The summed E-state index contributed by atoms with van der Waals surface area (Å²) in [4.78, 5) is 11.4. The molecule has 1 N–H and O–H groups in total. The number of hydrogen-bond donors (Lipinski definition) is 1. The van der Waals surface area contributed by atoms with E-state index in [4.69, 9.17) is 27.9 Å². The lowest BCUT2D eigenvalue weighted by atomic mass is 10.1. The first-order valence-electron chi connectivity index (χ1n) is 8.03. The van der Waals surface area contributed by atoms with Crippen molar-refractivity contribution >= 4 is 39.0 Å². The van der Waals surface area contributed by atoms with E-state index < -0.39 is 21.6 Å². The second-order valence-corrected chi connectivity index (χ2v) is 8.70. The Morgan fingerprint density at radius 1 is 0.964 bits per heavy atom. The molecule has 0 aliphatic rings. The Morgan fingerprint density at radius 2 is 1.64 bits per heavy atom. The summed E-state index contributed by atoms with van der Waals surface area (Å²) in [6, 6.07) is 16.8. The molecule has 0 fully saturated rings. The predicted molar refractivity (Wildman–Crippen MR) is 107 cm³/mol. The summed E-state index contributed by atoms with van der Waals surface area (Å²) in [5.41, 5.74) is 0.0167. The Hall–Kier alpha value is -2.54. The van der Waals surface area contributed by atoms with Gasteiger partial charge in [0.25, 0.3) is 0 Å². The zero-order valence-corrected chi connectivity index (χ0v) is 16.6. The first-order valence-corrected chi connectivity index (χ1v) is 10.4. The highest BCUT2D eigenvalue weighted by molar-refractivity contribution is 7.90. The highest BCUT2D eigenvalue weighted by Gasteiger charge is 2.20. The molecular formula is C20H14Cl2O5S. The van der Waals surface area contributed by atoms with Gasteiger partial charge in [0.05, 0.1) is 21.2 Å². The summed E-state index contributed by atoms with van der Waals surface area (Å²) in [7, 11) is -3.77. The number of benzene rings is 3. The van der Waals surface area contributed by atoms with Crippen LogP contribution >= 0.6 is 23.2 Å². The number of carbonyl (C=O) groups is 1. The summed E-state index contributed by atoms with van der Waals surface area (Å²) in [5.74, 6) is -0.829. The van der Waals surface area contributed by atoms with Crippen molar-refractivity contribution in [3.63, 3.8) is 0 Å². The van der Waals surface area contributed by atoms with E-state index in [1.165, 1.54) is 42.5 Å². The van der Waals surface area contributed by atoms with Crippen LogP contribution in [-0.4, -0.2) is 19.5 Å². The normalized spacial score (nSPS) is 11.2. The smallest absolute Gasteiger partial charge is 0.336 e. The third kappa shape index (κ3) is 4.65. The molecule has 0 atom stereocenters. The zero-order valence-electron chi connectivity index (χ0n) is 14.3. The number of carboxylic acid groups (broad SMARTS) is 1. The number of aromatic carboxylic acids is 1. The monoisotopic (exact) mass is 436 g/mol. The Bertz CT molecular complexity index is 1130. The molecule has 144 valence electrons. The van der Waals surface area contributed by atoms with Crippen molar-refractivity contribution in [3.8, 4) is 11.5 Å². The van der Waals surface area contributed by atoms with Gasteiger partial charge >= 0.3 is 5.97 Å². The molecule has 0 aromatic heterocycles. The van der Waals surface area contributed by atoms with Crippen molar-refractivity contribution in [2.45, 2.75) is 10.6 Å². The van der Waals surface area contributed by atoms with Gasteiger partial charge in [0.1, 0.15) is 11.5 Å². The molecule has 3 aromatic carbocycles. The topological polar surface area (TPSA) is 80.7 Å². The van der Waals surface area contributed by atoms with Gasteiger partial charge in [0.2, 0.25) is 0 Å². The van der Waals surface area contributed by atoms with E-state index in [0.29, 0.717) is 16.5 Å². The number of ether oxygens (including phenoxy) is 1. The van der Waals surface area contributed by atoms with E-state index in [2.05, 4.69) is 0 Å². The first-order chi connectivity index (χ1) is 13.3. The van der Waals surface area contributed by atoms with Crippen LogP contribution in [0.2, 0.25) is 10.0 Å². The summed E-state index contributed by atoms with van der Waals surface area (Å²) < 4.78 is 31.0. The lowest BCUT2D eigenvalue weighted by Crippen LogP contribution is -2.10. The fourth-order valence-corrected chi connectivity index (χ4v) is 4.26. The van der Waals surface area contributed by atoms with Crippen molar-refractivity contribution in [2.24, 2.45) is 0 Å². The van der Waals surface area contributed by atoms with Gasteiger partial charge in [-0.05, 0) is 54.1 Å². The van der Waals surface area contributed by atoms with Crippen LogP contribution < -0.4 is 4.74 Å². The molecule has 8 heteroatoms. The van der Waals surface area contributed by atoms with Gasteiger partial charge in [0, 0.05) is 5.02 Å². The van der Waals surface area contributed by atoms with Gasteiger partial charge in [-0.25, -0.2) is 13.2 Å². The Kier molecular flexibility index (Phi) is 5.93. The molecule has 0 aliphatic heterocycles.